The third kappa shape index (κ3) is 3.78. The molecule has 0 bridgehead atoms. The molecule has 0 aliphatic carbocycles. The van der Waals surface area contributed by atoms with Crippen molar-refractivity contribution in [2.45, 2.75) is 13.1 Å². The topological polar surface area (TPSA) is 46.8 Å². The van der Waals surface area contributed by atoms with Crippen LogP contribution < -0.4 is 4.90 Å². The van der Waals surface area contributed by atoms with E-state index in [1.165, 1.54) is 11.1 Å². The summed E-state index contributed by atoms with van der Waals surface area (Å²) in [5, 5.41) is 11.3. The Morgan fingerprint density at radius 2 is 1.27 bits per heavy atom. The summed E-state index contributed by atoms with van der Waals surface area (Å²) in [6.45, 7) is 1.69. The number of anilines is 1. The van der Waals surface area contributed by atoms with Crippen LogP contribution in [0.4, 0.5) is 5.69 Å². The molecule has 0 amide bonds. The van der Waals surface area contributed by atoms with E-state index in [0.29, 0.717) is 0 Å². The maximum atomic E-state index is 3.94. The molecule has 26 heavy (non-hydrogen) atoms. The molecule has 0 unspecified atom stereocenters. The number of aromatic nitrogens is 4. The van der Waals surface area contributed by atoms with E-state index >= 15 is 0 Å². The van der Waals surface area contributed by atoms with Crippen LogP contribution in [-0.2, 0) is 13.1 Å². The first-order chi connectivity index (χ1) is 12.9. The third-order valence-electron chi connectivity index (χ3n) is 4.26. The van der Waals surface area contributed by atoms with Crippen LogP contribution >= 0.6 is 0 Å². The lowest BCUT2D eigenvalue weighted by atomic mass is 10.1. The summed E-state index contributed by atoms with van der Waals surface area (Å²) in [7, 11) is 0. The van der Waals surface area contributed by atoms with E-state index in [9.17, 15) is 0 Å². The van der Waals surface area contributed by atoms with Crippen LogP contribution in [0.5, 0.6) is 0 Å². The van der Waals surface area contributed by atoms with Crippen LogP contribution in [0.1, 0.15) is 11.1 Å². The van der Waals surface area contributed by atoms with Gasteiger partial charge in [-0.1, -0.05) is 60.7 Å². The molecule has 0 atom stereocenters. The normalized spacial score (nSPS) is 10.6. The van der Waals surface area contributed by atoms with Gasteiger partial charge in [0.25, 0.3) is 0 Å². The lowest BCUT2D eigenvalue weighted by molar-refractivity contribution is 0.784. The molecule has 0 saturated heterocycles. The molecule has 0 spiro atoms. The summed E-state index contributed by atoms with van der Waals surface area (Å²) in [4.78, 5) is 2.37. The van der Waals surface area contributed by atoms with Crippen molar-refractivity contribution in [3.8, 4) is 5.69 Å². The molecular weight excluding hydrogens is 322 g/mol. The first-order valence-corrected chi connectivity index (χ1v) is 8.55. The van der Waals surface area contributed by atoms with E-state index in [1.807, 2.05) is 24.3 Å². The lowest BCUT2D eigenvalue weighted by Crippen LogP contribution is -2.22. The average molecular weight is 341 g/mol. The van der Waals surface area contributed by atoms with Crippen LogP contribution in [0.3, 0.4) is 0 Å². The zero-order valence-corrected chi connectivity index (χ0v) is 14.3. The number of benzene rings is 3. The Morgan fingerprint density at radius 1 is 0.692 bits per heavy atom. The van der Waals surface area contributed by atoms with E-state index in [-0.39, 0.29) is 0 Å². The molecule has 0 N–H and O–H groups in total. The highest BCUT2D eigenvalue weighted by Gasteiger charge is 2.09. The minimum atomic E-state index is 0.847. The van der Waals surface area contributed by atoms with Gasteiger partial charge in [0.05, 0.1) is 5.69 Å². The Hall–Kier alpha value is -3.47. The second-order valence-corrected chi connectivity index (χ2v) is 6.10. The van der Waals surface area contributed by atoms with Gasteiger partial charge in [0.15, 0.2) is 0 Å². The molecule has 0 fully saturated rings. The van der Waals surface area contributed by atoms with Crippen molar-refractivity contribution < 1.29 is 0 Å². The van der Waals surface area contributed by atoms with Crippen molar-refractivity contribution in [1.29, 1.82) is 0 Å². The fourth-order valence-electron chi connectivity index (χ4n) is 2.94. The first-order valence-electron chi connectivity index (χ1n) is 8.55. The Balaban J connectivity index is 1.61. The molecule has 4 rings (SSSR count). The van der Waals surface area contributed by atoms with Crippen molar-refractivity contribution in [1.82, 2.24) is 20.2 Å². The minimum absolute atomic E-state index is 0.847. The zero-order valence-electron chi connectivity index (χ0n) is 14.3. The maximum absolute atomic E-state index is 3.94. The maximum Gasteiger partial charge on any atom is 0.143 e. The Morgan fingerprint density at radius 3 is 1.77 bits per heavy atom. The van der Waals surface area contributed by atoms with Crippen molar-refractivity contribution in [3.05, 3.63) is 102 Å². The summed E-state index contributed by atoms with van der Waals surface area (Å²) >= 11 is 0. The van der Waals surface area contributed by atoms with Gasteiger partial charge in [0.1, 0.15) is 6.33 Å². The highest BCUT2D eigenvalue weighted by molar-refractivity contribution is 5.51. The molecule has 4 aromatic rings. The number of hydrogen-bond donors (Lipinski definition) is 0. The predicted molar refractivity (Wildman–Crippen MR) is 102 cm³/mol. The average Bonchev–Trinajstić information content (AvgIpc) is 3.24. The first kappa shape index (κ1) is 16.0. The SMILES string of the molecule is c1ccc(CN(Cc2ccccc2)c2ccc(-n3cnnn3)cc2)cc1. The Kier molecular flexibility index (Phi) is 4.69. The second kappa shape index (κ2) is 7.61. The Bertz CT molecular complexity index is 878. The summed E-state index contributed by atoms with van der Waals surface area (Å²) in [5.41, 5.74) is 4.67. The summed E-state index contributed by atoms with van der Waals surface area (Å²) in [5.74, 6) is 0. The van der Waals surface area contributed by atoms with Crippen molar-refractivity contribution >= 4 is 5.69 Å². The van der Waals surface area contributed by atoms with Gasteiger partial charge >= 0.3 is 0 Å². The fraction of sp³-hybridized carbons (Fsp3) is 0.0952. The Labute approximate surface area is 152 Å². The molecule has 0 aliphatic rings. The van der Waals surface area contributed by atoms with E-state index < -0.39 is 0 Å². The van der Waals surface area contributed by atoms with Crippen LogP contribution in [0, 0.1) is 0 Å². The largest absolute Gasteiger partial charge is 0.363 e. The van der Waals surface area contributed by atoms with E-state index in [4.69, 9.17) is 0 Å². The highest BCUT2D eigenvalue weighted by Crippen LogP contribution is 2.22. The smallest absolute Gasteiger partial charge is 0.143 e. The number of tetrazole rings is 1. The van der Waals surface area contributed by atoms with Crippen LogP contribution in [-0.4, -0.2) is 20.2 Å². The van der Waals surface area contributed by atoms with Gasteiger partial charge in [-0.3, -0.25) is 0 Å². The molecule has 0 radical (unpaired) electrons. The standard InChI is InChI=1S/C21H19N5/c1-3-7-18(8-4-1)15-25(16-19-9-5-2-6-10-19)20-11-13-21(14-12-20)26-17-22-23-24-26/h1-14,17H,15-16H2. The van der Waals surface area contributed by atoms with Gasteiger partial charge in [-0.25, -0.2) is 4.68 Å². The van der Waals surface area contributed by atoms with Gasteiger partial charge in [-0.05, 0) is 45.8 Å². The number of nitrogens with zero attached hydrogens (tertiary/aromatic N) is 5. The van der Waals surface area contributed by atoms with Crippen LogP contribution in [0.2, 0.25) is 0 Å². The molecule has 1 heterocycles. The van der Waals surface area contributed by atoms with E-state index in [2.05, 4.69) is 81.1 Å². The van der Waals surface area contributed by atoms with E-state index in [1.54, 1.807) is 11.0 Å². The molecule has 1 aromatic heterocycles. The second-order valence-electron chi connectivity index (χ2n) is 6.10. The van der Waals surface area contributed by atoms with Gasteiger partial charge in [-0.15, -0.1) is 5.10 Å². The summed E-state index contributed by atoms with van der Waals surface area (Å²) in [6, 6.07) is 29.4. The van der Waals surface area contributed by atoms with Crippen LogP contribution in [0.25, 0.3) is 5.69 Å². The zero-order chi connectivity index (χ0) is 17.6. The third-order valence-corrected chi connectivity index (χ3v) is 4.26. The lowest BCUT2D eigenvalue weighted by Gasteiger charge is -2.25. The molecule has 0 aliphatic heterocycles. The van der Waals surface area contributed by atoms with Crippen molar-refractivity contribution in [2.24, 2.45) is 0 Å². The fourth-order valence-corrected chi connectivity index (χ4v) is 2.94. The molecule has 128 valence electrons. The van der Waals surface area contributed by atoms with Crippen molar-refractivity contribution in [3.63, 3.8) is 0 Å². The van der Waals surface area contributed by atoms with Crippen LogP contribution in [0.15, 0.2) is 91.3 Å². The summed E-state index contributed by atoms with van der Waals surface area (Å²) < 4.78 is 1.66. The quantitative estimate of drug-likeness (QED) is 0.534. The van der Waals surface area contributed by atoms with Gasteiger partial charge in [0, 0.05) is 18.8 Å². The van der Waals surface area contributed by atoms with Gasteiger partial charge < -0.3 is 4.90 Å². The predicted octanol–water partition coefficient (Wildman–Crippen LogP) is 3.87. The van der Waals surface area contributed by atoms with Gasteiger partial charge in [0.2, 0.25) is 0 Å². The van der Waals surface area contributed by atoms with Gasteiger partial charge in [-0.2, -0.15) is 0 Å². The molecule has 3 aromatic carbocycles. The van der Waals surface area contributed by atoms with Crippen molar-refractivity contribution in [2.75, 3.05) is 4.90 Å². The number of rotatable bonds is 6. The molecule has 0 saturated carbocycles. The monoisotopic (exact) mass is 341 g/mol. The highest BCUT2D eigenvalue weighted by atomic mass is 15.5. The summed E-state index contributed by atoms with van der Waals surface area (Å²) in [6.07, 6.45) is 1.60. The molecule has 5 heteroatoms. The number of hydrogen-bond acceptors (Lipinski definition) is 4. The molecular formula is C21H19N5. The minimum Gasteiger partial charge on any atom is -0.363 e. The van der Waals surface area contributed by atoms with E-state index in [0.717, 1.165) is 24.5 Å². The molecule has 5 nitrogen and oxygen atoms in total.